The van der Waals surface area contributed by atoms with Gasteiger partial charge in [-0.25, -0.2) is 0 Å². The molecule has 1 unspecified atom stereocenters. The molecule has 1 heterocycles. The molecule has 0 aromatic carbocycles. The van der Waals surface area contributed by atoms with Crippen molar-refractivity contribution in [3.63, 3.8) is 0 Å². The van der Waals surface area contributed by atoms with E-state index in [1.54, 1.807) is 0 Å². The quantitative estimate of drug-likeness (QED) is 0.747. The van der Waals surface area contributed by atoms with E-state index in [4.69, 9.17) is 0 Å². The van der Waals surface area contributed by atoms with Gasteiger partial charge >= 0.3 is 6.43 Å². The third-order valence-electron chi connectivity index (χ3n) is 2.87. The van der Waals surface area contributed by atoms with Crippen LogP contribution in [0.15, 0.2) is 0 Å². The van der Waals surface area contributed by atoms with Crippen LogP contribution in [0.1, 0.15) is 39.0 Å². The summed E-state index contributed by atoms with van der Waals surface area (Å²) < 4.78 is 24.8. The van der Waals surface area contributed by atoms with Crippen LogP contribution in [0.2, 0.25) is 0 Å². The molecule has 3 nitrogen and oxygen atoms in total. The molecule has 0 aliphatic carbocycles. The van der Waals surface area contributed by atoms with E-state index >= 15 is 0 Å². The van der Waals surface area contributed by atoms with E-state index in [0.717, 1.165) is 19.3 Å². The minimum atomic E-state index is -2.97. The summed E-state index contributed by atoms with van der Waals surface area (Å²) in [6.07, 6.45) is 0.447. The fourth-order valence-electron chi connectivity index (χ4n) is 2.14. The zero-order valence-corrected chi connectivity index (χ0v) is 9.42. The molecule has 0 spiro atoms. The molecular formula is C11H17F2NO2. The van der Waals surface area contributed by atoms with E-state index < -0.39 is 12.3 Å². The lowest BCUT2D eigenvalue weighted by molar-refractivity contribution is -0.145. The minimum absolute atomic E-state index is 0.0565. The third kappa shape index (κ3) is 3.54. The zero-order chi connectivity index (χ0) is 12.1. The van der Waals surface area contributed by atoms with Crippen LogP contribution in [0.4, 0.5) is 8.78 Å². The Labute approximate surface area is 93.8 Å². The van der Waals surface area contributed by atoms with E-state index in [-0.39, 0.29) is 18.2 Å². The van der Waals surface area contributed by atoms with Crippen molar-refractivity contribution in [1.82, 2.24) is 4.90 Å². The molecule has 5 heteroatoms. The van der Waals surface area contributed by atoms with Gasteiger partial charge < -0.3 is 4.90 Å². The molecule has 0 saturated carbocycles. The van der Waals surface area contributed by atoms with Gasteiger partial charge in [0.15, 0.2) is 0 Å². The molecule has 0 bridgehead atoms. The Bertz CT molecular complexity index is 269. The number of alkyl halides is 2. The van der Waals surface area contributed by atoms with Crippen LogP contribution in [0.5, 0.6) is 0 Å². The van der Waals surface area contributed by atoms with E-state index in [2.05, 4.69) is 0 Å². The summed E-state index contributed by atoms with van der Waals surface area (Å²) >= 11 is 0. The first-order chi connectivity index (χ1) is 7.52. The molecule has 1 atom stereocenters. The van der Waals surface area contributed by atoms with Crippen LogP contribution in [0.3, 0.4) is 0 Å². The Kier molecular flexibility index (Phi) is 4.83. The number of hydrogen-bond donors (Lipinski definition) is 0. The van der Waals surface area contributed by atoms with Gasteiger partial charge in [-0.1, -0.05) is 12.8 Å². The van der Waals surface area contributed by atoms with Gasteiger partial charge in [-0.15, -0.1) is 0 Å². The number of hydrogen-bond acceptors (Lipinski definition) is 2. The molecule has 1 fully saturated rings. The van der Waals surface area contributed by atoms with Gasteiger partial charge in [-0.05, 0) is 19.8 Å². The number of carbonyl (C=O) groups excluding carboxylic acids is 2. The van der Waals surface area contributed by atoms with Crippen LogP contribution in [0, 0.1) is 0 Å². The molecule has 1 aliphatic heterocycles. The molecule has 0 aromatic rings. The highest BCUT2D eigenvalue weighted by molar-refractivity contribution is 5.81. The van der Waals surface area contributed by atoms with Gasteiger partial charge in [0.1, 0.15) is 5.78 Å². The van der Waals surface area contributed by atoms with Crippen molar-refractivity contribution >= 4 is 11.7 Å². The number of Topliss-reactive ketones (excluding diaryl/α,β-unsaturated/α-hetero) is 1. The average molecular weight is 233 g/mol. The number of halogens is 2. The highest BCUT2D eigenvalue weighted by atomic mass is 19.3. The molecule has 16 heavy (non-hydrogen) atoms. The second-order valence-electron chi connectivity index (χ2n) is 4.24. The first kappa shape index (κ1) is 13.1. The summed E-state index contributed by atoms with van der Waals surface area (Å²) in [5.74, 6) is -1.19. The molecule has 0 radical (unpaired) electrons. The molecule has 1 amide bonds. The maximum atomic E-state index is 12.4. The largest absolute Gasteiger partial charge is 0.334 e. The van der Waals surface area contributed by atoms with Crippen LogP contribution >= 0.6 is 0 Å². The zero-order valence-electron chi connectivity index (χ0n) is 9.42. The highest BCUT2D eigenvalue weighted by Gasteiger charge is 2.30. The Hall–Kier alpha value is -1.00. The number of amides is 1. The second-order valence-corrected chi connectivity index (χ2v) is 4.24. The predicted octanol–water partition coefficient (Wildman–Crippen LogP) is 2.00. The lowest BCUT2D eigenvalue weighted by Gasteiger charge is -2.29. The van der Waals surface area contributed by atoms with Gasteiger partial charge in [0.25, 0.3) is 5.91 Å². The van der Waals surface area contributed by atoms with Crippen LogP contribution in [-0.2, 0) is 9.59 Å². The van der Waals surface area contributed by atoms with Gasteiger partial charge in [0, 0.05) is 19.0 Å². The van der Waals surface area contributed by atoms with Crippen molar-refractivity contribution in [1.29, 1.82) is 0 Å². The number of rotatable bonds is 3. The maximum absolute atomic E-state index is 12.4. The highest BCUT2D eigenvalue weighted by Crippen LogP contribution is 2.21. The molecule has 1 saturated heterocycles. The fourth-order valence-corrected chi connectivity index (χ4v) is 2.14. The van der Waals surface area contributed by atoms with Gasteiger partial charge in [-0.3, -0.25) is 9.59 Å². The minimum Gasteiger partial charge on any atom is -0.334 e. The smallest absolute Gasteiger partial charge is 0.315 e. The monoisotopic (exact) mass is 233 g/mol. The van der Waals surface area contributed by atoms with Crippen LogP contribution in [-0.4, -0.2) is 35.6 Å². The second kappa shape index (κ2) is 5.92. The van der Waals surface area contributed by atoms with Crippen LogP contribution in [0.25, 0.3) is 0 Å². The van der Waals surface area contributed by atoms with Gasteiger partial charge in [0.05, 0.1) is 0 Å². The van der Waals surface area contributed by atoms with E-state index in [1.807, 2.05) is 0 Å². The Morgan fingerprint density at radius 3 is 2.56 bits per heavy atom. The molecular weight excluding hydrogens is 216 g/mol. The van der Waals surface area contributed by atoms with Crippen molar-refractivity contribution in [3.05, 3.63) is 0 Å². The van der Waals surface area contributed by atoms with Crippen molar-refractivity contribution in [2.24, 2.45) is 0 Å². The summed E-state index contributed by atoms with van der Waals surface area (Å²) in [6, 6.07) is -0.332. The first-order valence-electron chi connectivity index (χ1n) is 5.60. The van der Waals surface area contributed by atoms with Crippen molar-refractivity contribution in [3.8, 4) is 0 Å². The SMILES string of the molecule is CC(=O)CC1CCCCCN1C(=O)C(F)F. The summed E-state index contributed by atoms with van der Waals surface area (Å²) in [6.45, 7) is 1.77. The molecule has 1 rings (SSSR count). The molecule has 0 N–H and O–H groups in total. The summed E-state index contributed by atoms with van der Waals surface area (Å²) in [4.78, 5) is 23.5. The van der Waals surface area contributed by atoms with Gasteiger partial charge in [0.2, 0.25) is 0 Å². The predicted molar refractivity (Wildman–Crippen MR) is 55.3 cm³/mol. The average Bonchev–Trinajstić information content (AvgIpc) is 2.41. The number of nitrogens with zero attached hydrogens (tertiary/aromatic N) is 1. The van der Waals surface area contributed by atoms with Crippen molar-refractivity contribution in [2.45, 2.75) is 51.5 Å². The Morgan fingerprint density at radius 1 is 1.31 bits per heavy atom. The fraction of sp³-hybridized carbons (Fsp3) is 0.818. The van der Waals surface area contributed by atoms with E-state index in [0.29, 0.717) is 13.0 Å². The summed E-state index contributed by atoms with van der Waals surface area (Å²) in [5.41, 5.74) is 0. The summed E-state index contributed by atoms with van der Waals surface area (Å²) in [5, 5.41) is 0. The van der Waals surface area contributed by atoms with E-state index in [1.165, 1.54) is 11.8 Å². The van der Waals surface area contributed by atoms with E-state index in [9.17, 15) is 18.4 Å². The lowest BCUT2D eigenvalue weighted by atomic mass is 10.0. The number of carbonyl (C=O) groups is 2. The van der Waals surface area contributed by atoms with Crippen molar-refractivity contribution < 1.29 is 18.4 Å². The Morgan fingerprint density at radius 2 is 2.00 bits per heavy atom. The Balaban J connectivity index is 2.72. The molecule has 0 aromatic heterocycles. The van der Waals surface area contributed by atoms with Crippen molar-refractivity contribution in [2.75, 3.05) is 6.54 Å². The molecule has 92 valence electrons. The maximum Gasteiger partial charge on any atom is 0.315 e. The number of ketones is 1. The summed E-state index contributed by atoms with van der Waals surface area (Å²) in [7, 11) is 0. The first-order valence-corrected chi connectivity index (χ1v) is 5.60. The number of likely N-dealkylation sites (tertiary alicyclic amines) is 1. The lowest BCUT2D eigenvalue weighted by Crippen LogP contribution is -2.43. The normalized spacial score (nSPS) is 22.0. The topological polar surface area (TPSA) is 37.4 Å². The van der Waals surface area contributed by atoms with Gasteiger partial charge in [-0.2, -0.15) is 8.78 Å². The standard InChI is InChI=1S/C11H17F2NO2/c1-8(15)7-9-5-3-2-4-6-14(9)11(16)10(12)13/h9-10H,2-7H2,1H3. The third-order valence-corrected chi connectivity index (χ3v) is 2.87. The van der Waals surface area contributed by atoms with Crippen LogP contribution < -0.4 is 0 Å². The molecule has 1 aliphatic rings.